The fraction of sp³-hybridized carbons (Fsp3) is 0.357. The Morgan fingerprint density at radius 2 is 2.10 bits per heavy atom. The van der Waals surface area contributed by atoms with Crippen LogP contribution in [0.5, 0.6) is 0 Å². The van der Waals surface area contributed by atoms with Gasteiger partial charge in [-0.05, 0) is 48.0 Å². The Morgan fingerprint density at radius 1 is 1.35 bits per heavy atom. The van der Waals surface area contributed by atoms with Crippen LogP contribution >= 0.6 is 27.3 Å². The highest BCUT2D eigenvalue weighted by Crippen LogP contribution is 2.26. The summed E-state index contributed by atoms with van der Waals surface area (Å²) in [4.78, 5) is 7.82. The van der Waals surface area contributed by atoms with Gasteiger partial charge in [0.2, 0.25) is 0 Å². The second-order valence-electron chi connectivity index (χ2n) is 4.26. The lowest BCUT2D eigenvalue weighted by Gasteiger charge is -2.16. The first-order valence-corrected chi connectivity index (χ1v) is 8.13. The number of benzene rings is 1. The van der Waals surface area contributed by atoms with Crippen LogP contribution in [-0.4, -0.2) is 18.1 Å². The molecule has 0 aliphatic heterocycles. The first kappa shape index (κ1) is 15.3. The van der Waals surface area contributed by atoms with Gasteiger partial charge in [-0.1, -0.05) is 0 Å². The van der Waals surface area contributed by atoms with Gasteiger partial charge in [0.25, 0.3) is 0 Å². The topological polar surface area (TPSA) is 28.2 Å². The Bertz CT molecular complexity index is 569. The summed E-state index contributed by atoms with van der Waals surface area (Å²) in [6, 6.07) is 4.63. The third-order valence-corrected chi connectivity index (χ3v) is 4.67. The molecule has 2 aromatic rings. The molecule has 0 amide bonds. The van der Waals surface area contributed by atoms with Crippen LogP contribution in [0.15, 0.2) is 28.9 Å². The molecular weight excluding hydrogens is 341 g/mol. The van der Waals surface area contributed by atoms with Crippen LogP contribution in [0, 0.1) is 5.82 Å². The van der Waals surface area contributed by atoms with E-state index in [1.807, 2.05) is 6.20 Å². The third kappa shape index (κ3) is 3.70. The summed E-state index contributed by atoms with van der Waals surface area (Å²) < 4.78 is 13.7. The number of nitrogens with zero attached hydrogens (tertiary/aromatic N) is 2. The molecule has 0 aliphatic rings. The first-order chi connectivity index (χ1) is 9.63. The highest BCUT2D eigenvalue weighted by Gasteiger charge is 2.08. The van der Waals surface area contributed by atoms with Gasteiger partial charge in [0, 0.05) is 34.3 Å². The number of hydrogen-bond acceptors (Lipinski definition) is 4. The number of rotatable bonds is 6. The number of nitrogens with one attached hydrogen (secondary N) is 1. The first-order valence-electron chi connectivity index (χ1n) is 6.52. The number of halogens is 2. The molecule has 0 bridgehead atoms. The molecule has 1 aromatic carbocycles. The minimum atomic E-state index is -0.246. The van der Waals surface area contributed by atoms with Crippen LogP contribution in [0.4, 0.5) is 15.2 Å². The van der Waals surface area contributed by atoms with Gasteiger partial charge in [0.05, 0.1) is 6.54 Å². The smallest absolute Gasteiger partial charge is 0.185 e. The van der Waals surface area contributed by atoms with Crippen molar-refractivity contribution in [3.63, 3.8) is 0 Å². The fourth-order valence-corrected chi connectivity index (χ4v) is 3.30. The lowest BCUT2D eigenvalue weighted by atomic mass is 10.3. The molecule has 20 heavy (non-hydrogen) atoms. The second kappa shape index (κ2) is 7.04. The maximum absolute atomic E-state index is 13.0. The third-order valence-electron chi connectivity index (χ3n) is 2.96. The highest BCUT2D eigenvalue weighted by atomic mass is 79.9. The van der Waals surface area contributed by atoms with Gasteiger partial charge in [-0.2, -0.15) is 0 Å². The van der Waals surface area contributed by atoms with E-state index in [0.29, 0.717) is 6.54 Å². The van der Waals surface area contributed by atoms with Crippen LogP contribution in [0.1, 0.15) is 18.7 Å². The quantitative estimate of drug-likeness (QED) is 0.824. The average Bonchev–Trinajstić information content (AvgIpc) is 2.88. The molecule has 0 fully saturated rings. The summed E-state index contributed by atoms with van der Waals surface area (Å²) in [7, 11) is 0. The van der Waals surface area contributed by atoms with Crippen molar-refractivity contribution in [2.24, 2.45) is 0 Å². The maximum Gasteiger partial charge on any atom is 0.185 e. The lowest BCUT2D eigenvalue weighted by molar-refractivity contribution is 0.627. The molecule has 108 valence electrons. The number of hydrogen-bond donors (Lipinski definition) is 1. The standard InChI is InChI=1S/C14H17BrFN3S/c1-3-19(4-2)14-18-9-11(20-14)8-17-13-6-5-10(16)7-12(13)15/h5-7,9,17H,3-4,8H2,1-2H3. The van der Waals surface area contributed by atoms with Gasteiger partial charge >= 0.3 is 0 Å². The van der Waals surface area contributed by atoms with Crippen LogP contribution < -0.4 is 10.2 Å². The van der Waals surface area contributed by atoms with E-state index in [0.717, 1.165) is 33.3 Å². The summed E-state index contributed by atoms with van der Waals surface area (Å²) in [5.41, 5.74) is 0.879. The minimum absolute atomic E-state index is 0.246. The molecule has 1 heterocycles. The predicted molar refractivity (Wildman–Crippen MR) is 87.1 cm³/mol. The van der Waals surface area contributed by atoms with Crippen LogP contribution in [-0.2, 0) is 6.54 Å². The summed E-state index contributed by atoms with van der Waals surface area (Å²) in [5.74, 6) is -0.246. The molecule has 0 spiro atoms. The Morgan fingerprint density at radius 3 is 2.75 bits per heavy atom. The zero-order valence-corrected chi connectivity index (χ0v) is 13.9. The summed E-state index contributed by atoms with van der Waals surface area (Å²) in [6.07, 6.45) is 1.89. The van der Waals surface area contributed by atoms with E-state index in [-0.39, 0.29) is 5.82 Å². The van der Waals surface area contributed by atoms with Crippen LogP contribution in [0.3, 0.4) is 0 Å². The molecule has 0 saturated carbocycles. The molecule has 2 rings (SSSR count). The van der Waals surface area contributed by atoms with Gasteiger partial charge in [0.15, 0.2) is 5.13 Å². The molecule has 0 atom stereocenters. The molecule has 0 radical (unpaired) electrons. The highest BCUT2D eigenvalue weighted by molar-refractivity contribution is 9.10. The number of aromatic nitrogens is 1. The Labute approximate surface area is 131 Å². The SMILES string of the molecule is CCN(CC)c1ncc(CNc2ccc(F)cc2Br)s1. The monoisotopic (exact) mass is 357 g/mol. The molecule has 0 aliphatic carbocycles. The maximum atomic E-state index is 13.0. The van der Waals surface area contributed by atoms with E-state index in [2.05, 4.69) is 45.0 Å². The molecule has 0 saturated heterocycles. The Balaban J connectivity index is 2.00. The van der Waals surface area contributed by atoms with Gasteiger partial charge in [-0.15, -0.1) is 11.3 Å². The zero-order valence-electron chi connectivity index (χ0n) is 11.5. The van der Waals surface area contributed by atoms with Gasteiger partial charge in [-0.25, -0.2) is 9.37 Å². The average molecular weight is 358 g/mol. The van der Waals surface area contributed by atoms with E-state index in [4.69, 9.17) is 0 Å². The van der Waals surface area contributed by atoms with Crippen molar-refractivity contribution in [3.05, 3.63) is 39.6 Å². The minimum Gasteiger partial charge on any atom is -0.379 e. The summed E-state index contributed by atoms with van der Waals surface area (Å²) in [6.45, 7) is 6.85. The zero-order chi connectivity index (χ0) is 14.5. The summed E-state index contributed by atoms with van der Waals surface area (Å²) in [5, 5.41) is 4.33. The van der Waals surface area contributed by atoms with Gasteiger partial charge in [-0.3, -0.25) is 0 Å². The van der Waals surface area contributed by atoms with Gasteiger partial charge in [0.1, 0.15) is 5.82 Å². The van der Waals surface area contributed by atoms with Crippen LogP contribution in [0.2, 0.25) is 0 Å². The Kier molecular flexibility index (Phi) is 5.37. The van der Waals surface area contributed by atoms with Crippen molar-refractivity contribution in [1.82, 2.24) is 4.98 Å². The number of anilines is 2. The van der Waals surface area contributed by atoms with E-state index < -0.39 is 0 Å². The molecule has 1 aromatic heterocycles. The number of thiazole rings is 1. The van der Waals surface area contributed by atoms with Crippen molar-refractivity contribution < 1.29 is 4.39 Å². The molecule has 6 heteroatoms. The Hall–Kier alpha value is -1.14. The summed E-state index contributed by atoms with van der Waals surface area (Å²) >= 11 is 5.03. The van der Waals surface area contributed by atoms with Gasteiger partial charge < -0.3 is 10.2 Å². The van der Waals surface area contributed by atoms with E-state index in [1.54, 1.807) is 17.4 Å². The predicted octanol–water partition coefficient (Wildman–Crippen LogP) is 4.50. The van der Waals surface area contributed by atoms with Crippen molar-refractivity contribution in [2.45, 2.75) is 20.4 Å². The molecular formula is C14H17BrFN3S. The fourth-order valence-electron chi connectivity index (χ4n) is 1.83. The molecule has 0 unspecified atom stereocenters. The second-order valence-corrected chi connectivity index (χ2v) is 6.21. The van der Waals surface area contributed by atoms with Crippen molar-refractivity contribution >= 4 is 38.1 Å². The molecule has 1 N–H and O–H groups in total. The van der Waals surface area contributed by atoms with Crippen molar-refractivity contribution in [2.75, 3.05) is 23.3 Å². The largest absolute Gasteiger partial charge is 0.379 e. The van der Waals surface area contributed by atoms with Crippen LogP contribution in [0.25, 0.3) is 0 Å². The molecule has 3 nitrogen and oxygen atoms in total. The van der Waals surface area contributed by atoms with E-state index >= 15 is 0 Å². The van der Waals surface area contributed by atoms with E-state index in [9.17, 15) is 4.39 Å². The van der Waals surface area contributed by atoms with Crippen molar-refractivity contribution in [3.8, 4) is 0 Å². The van der Waals surface area contributed by atoms with E-state index in [1.165, 1.54) is 12.1 Å². The lowest BCUT2D eigenvalue weighted by Crippen LogP contribution is -2.21. The van der Waals surface area contributed by atoms with Crippen molar-refractivity contribution in [1.29, 1.82) is 0 Å². The normalized spacial score (nSPS) is 10.6.